The van der Waals surface area contributed by atoms with Gasteiger partial charge in [0, 0.05) is 6.20 Å². The van der Waals surface area contributed by atoms with Gasteiger partial charge in [-0.3, -0.25) is 4.79 Å². The number of carbonyl (C=O) groups is 1. The Morgan fingerprint density at radius 1 is 1.28 bits per heavy atom. The normalized spacial score (nSPS) is 35.7. The molecule has 2 aromatic heterocycles. The summed E-state index contributed by atoms with van der Waals surface area (Å²) >= 11 is 6.14. The SMILES string of the molecule is O=C(Nc1cccnc1Cl)C12CC3CC(C1)CC(n1cncn1)(C3)C2. The predicted molar refractivity (Wildman–Crippen MR) is 93.0 cm³/mol. The molecule has 1 amide bonds. The van der Waals surface area contributed by atoms with Gasteiger partial charge >= 0.3 is 0 Å². The Labute approximate surface area is 151 Å². The van der Waals surface area contributed by atoms with E-state index >= 15 is 0 Å². The van der Waals surface area contributed by atoms with Gasteiger partial charge in [0.15, 0.2) is 5.15 Å². The van der Waals surface area contributed by atoms with E-state index in [2.05, 4.69) is 20.4 Å². The molecule has 0 spiro atoms. The van der Waals surface area contributed by atoms with Gasteiger partial charge in [-0.25, -0.2) is 14.6 Å². The maximum atomic E-state index is 13.3. The number of carbonyl (C=O) groups excluding carboxylic acids is 1. The second-order valence-corrected chi connectivity index (χ2v) is 8.46. The van der Waals surface area contributed by atoms with Crippen LogP contribution in [0.5, 0.6) is 0 Å². The minimum absolute atomic E-state index is 0.0589. The van der Waals surface area contributed by atoms with Crippen LogP contribution in [0, 0.1) is 17.3 Å². The van der Waals surface area contributed by atoms with E-state index < -0.39 is 0 Å². The van der Waals surface area contributed by atoms with Gasteiger partial charge in [-0.05, 0) is 62.5 Å². The smallest absolute Gasteiger partial charge is 0.230 e. The molecule has 2 heterocycles. The number of hydrogen-bond donors (Lipinski definition) is 1. The van der Waals surface area contributed by atoms with Crippen molar-refractivity contribution in [1.29, 1.82) is 0 Å². The lowest BCUT2D eigenvalue weighted by atomic mass is 9.46. The number of halogens is 1. The first kappa shape index (κ1) is 15.3. The van der Waals surface area contributed by atoms with Crippen LogP contribution in [-0.4, -0.2) is 25.7 Å². The number of nitrogens with one attached hydrogen (secondary N) is 1. The predicted octanol–water partition coefficient (Wildman–Crippen LogP) is 3.26. The fourth-order valence-electron chi connectivity index (χ4n) is 5.94. The summed E-state index contributed by atoms with van der Waals surface area (Å²) in [5, 5.41) is 7.83. The van der Waals surface area contributed by atoms with Crippen LogP contribution in [-0.2, 0) is 10.3 Å². The van der Waals surface area contributed by atoms with E-state index in [-0.39, 0.29) is 16.9 Å². The van der Waals surface area contributed by atoms with Crippen molar-refractivity contribution in [3.63, 3.8) is 0 Å². The summed E-state index contributed by atoms with van der Waals surface area (Å²) in [5.74, 6) is 1.25. The summed E-state index contributed by atoms with van der Waals surface area (Å²) in [6, 6.07) is 3.60. The Balaban J connectivity index is 1.49. The first-order valence-electron chi connectivity index (χ1n) is 8.86. The molecule has 0 aliphatic heterocycles. The van der Waals surface area contributed by atoms with Gasteiger partial charge in [-0.2, -0.15) is 5.10 Å². The molecule has 6 nitrogen and oxygen atoms in total. The minimum atomic E-state index is -0.338. The summed E-state index contributed by atoms with van der Waals surface area (Å²) < 4.78 is 2.02. The summed E-state index contributed by atoms with van der Waals surface area (Å²) in [6.07, 6.45) is 11.2. The quantitative estimate of drug-likeness (QED) is 0.856. The molecule has 0 aromatic carbocycles. The molecule has 4 fully saturated rings. The zero-order valence-electron chi connectivity index (χ0n) is 13.9. The molecule has 0 radical (unpaired) electrons. The highest BCUT2D eigenvalue weighted by Gasteiger charge is 2.61. The number of pyridine rings is 1. The molecule has 4 saturated carbocycles. The Bertz CT molecular complexity index is 807. The zero-order valence-corrected chi connectivity index (χ0v) is 14.6. The summed E-state index contributed by atoms with van der Waals surface area (Å²) in [5.41, 5.74) is 0.200. The van der Waals surface area contributed by atoms with Crippen LogP contribution in [0.15, 0.2) is 31.0 Å². The molecule has 6 rings (SSSR count). The standard InChI is InChI=1S/C18H20ClN5O/c19-15-14(2-1-3-21-15)23-16(25)17-5-12-4-13(6-17)8-18(7-12,9-17)24-11-20-10-22-24/h1-3,10-13H,4-9H2,(H,23,25). The first-order chi connectivity index (χ1) is 12.1. The van der Waals surface area contributed by atoms with Gasteiger partial charge < -0.3 is 5.32 Å². The van der Waals surface area contributed by atoms with Crippen molar-refractivity contribution in [2.24, 2.45) is 17.3 Å². The van der Waals surface area contributed by atoms with Gasteiger partial charge in [-0.15, -0.1) is 0 Å². The summed E-state index contributed by atoms with van der Waals surface area (Å²) in [7, 11) is 0. The second-order valence-electron chi connectivity index (χ2n) is 8.10. The van der Waals surface area contributed by atoms with E-state index in [1.165, 1.54) is 6.42 Å². The lowest BCUT2D eigenvalue weighted by Crippen LogP contribution is -2.60. The first-order valence-corrected chi connectivity index (χ1v) is 9.24. The summed E-state index contributed by atoms with van der Waals surface area (Å²) in [6.45, 7) is 0. The van der Waals surface area contributed by atoms with Crippen molar-refractivity contribution in [1.82, 2.24) is 19.7 Å². The molecule has 4 bridgehead atoms. The number of aromatic nitrogens is 4. The average molecular weight is 358 g/mol. The van der Waals surface area contributed by atoms with E-state index in [9.17, 15) is 4.79 Å². The molecule has 7 heteroatoms. The highest BCUT2D eigenvalue weighted by Crippen LogP contribution is 2.64. The fraction of sp³-hybridized carbons (Fsp3) is 0.556. The van der Waals surface area contributed by atoms with E-state index in [1.807, 2.05) is 11.0 Å². The van der Waals surface area contributed by atoms with Crippen LogP contribution < -0.4 is 5.32 Å². The zero-order chi connectivity index (χ0) is 17.1. The van der Waals surface area contributed by atoms with Gasteiger partial charge in [0.05, 0.1) is 16.6 Å². The van der Waals surface area contributed by atoms with E-state index in [1.54, 1.807) is 24.7 Å². The lowest BCUT2D eigenvalue weighted by Gasteiger charge is -2.60. The molecule has 4 aliphatic rings. The molecule has 2 unspecified atom stereocenters. The van der Waals surface area contributed by atoms with Crippen LogP contribution in [0.3, 0.4) is 0 Å². The largest absolute Gasteiger partial charge is 0.323 e. The molecule has 2 aromatic rings. The van der Waals surface area contributed by atoms with Crippen molar-refractivity contribution in [2.45, 2.75) is 44.1 Å². The van der Waals surface area contributed by atoms with Crippen molar-refractivity contribution in [3.8, 4) is 0 Å². The van der Waals surface area contributed by atoms with Crippen LogP contribution in [0.4, 0.5) is 5.69 Å². The third kappa shape index (κ3) is 2.30. The van der Waals surface area contributed by atoms with Crippen LogP contribution in [0.25, 0.3) is 0 Å². The molecular formula is C18H20ClN5O. The van der Waals surface area contributed by atoms with Gasteiger partial charge in [0.2, 0.25) is 5.91 Å². The fourth-order valence-corrected chi connectivity index (χ4v) is 6.10. The Kier molecular flexibility index (Phi) is 3.23. The molecule has 4 aliphatic carbocycles. The number of hydrogen-bond acceptors (Lipinski definition) is 4. The maximum absolute atomic E-state index is 13.3. The van der Waals surface area contributed by atoms with Crippen LogP contribution >= 0.6 is 11.6 Å². The third-order valence-electron chi connectivity index (χ3n) is 6.42. The van der Waals surface area contributed by atoms with Crippen molar-refractivity contribution < 1.29 is 4.79 Å². The topological polar surface area (TPSA) is 72.7 Å². The Morgan fingerprint density at radius 2 is 2.08 bits per heavy atom. The van der Waals surface area contributed by atoms with Crippen molar-refractivity contribution in [2.75, 3.05) is 5.32 Å². The lowest BCUT2D eigenvalue weighted by molar-refractivity contribution is -0.150. The molecule has 25 heavy (non-hydrogen) atoms. The average Bonchev–Trinajstić information content (AvgIpc) is 3.11. The highest BCUT2D eigenvalue weighted by molar-refractivity contribution is 6.32. The summed E-state index contributed by atoms with van der Waals surface area (Å²) in [4.78, 5) is 21.5. The van der Waals surface area contributed by atoms with E-state index in [0.29, 0.717) is 22.7 Å². The molecule has 130 valence electrons. The highest BCUT2D eigenvalue weighted by atomic mass is 35.5. The van der Waals surface area contributed by atoms with Gasteiger partial charge in [-0.1, -0.05) is 11.6 Å². The van der Waals surface area contributed by atoms with Crippen molar-refractivity contribution in [3.05, 3.63) is 36.1 Å². The van der Waals surface area contributed by atoms with Gasteiger partial charge in [0.1, 0.15) is 12.7 Å². The molecular weight excluding hydrogens is 338 g/mol. The Hall–Kier alpha value is -1.95. The second kappa shape index (κ2) is 5.27. The van der Waals surface area contributed by atoms with Crippen LogP contribution in [0.2, 0.25) is 5.15 Å². The number of amides is 1. The van der Waals surface area contributed by atoms with Crippen molar-refractivity contribution >= 4 is 23.2 Å². The van der Waals surface area contributed by atoms with Gasteiger partial charge in [0.25, 0.3) is 0 Å². The number of anilines is 1. The maximum Gasteiger partial charge on any atom is 0.230 e. The number of nitrogens with zero attached hydrogens (tertiary/aromatic N) is 4. The number of rotatable bonds is 3. The molecule has 1 N–H and O–H groups in total. The van der Waals surface area contributed by atoms with E-state index in [0.717, 1.165) is 32.1 Å². The van der Waals surface area contributed by atoms with Crippen LogP contribution in [0.1, 0.15) is 38.5 Å². The third-order valence-corrected chi connectivity index (χ3v) is 6.73. The monoisotopic (exact) mass is 357 g/mol. The van der Waals surface area contributed by atoms with E-state index in [4.69, 9.17) is 11.6 Å². The minimum Gasteiger partial charge on any atom is -0.323 e. The Morgan fingerprint density at radius 3 is 2.76 bits per heavy atom. The molecule has 2 atom stereocenters. The molecule has 0 saturated heterocycles.